The molecule has 0 atom stereocenters. The summed E-state index contributed by atoms with van der Waals surface area (Å²) in [5.74, 6) is 1.04. The molecular weight excluding hydrogens is 276 g/mol. The van der Waals surface area contributed by atoms with Crippen LogP contribution in [-0.4, -0.2) is 24.0 Å². The second-order valence-electron chi connectivity index (χ2n) is 6.65. The van der Waals surface area contributed by atoms with Gasteiger partial charge in [-0.3, -0.25) is 4.79 Å². The van der Waals surface area contributed by atoms with Gasteiger partial charge in [0.25, 0.3) is 0 Å². The summed E-state index contributed by atoms with van der Waals surface area (Å²) in [6, 6.07) is 6.37. The predicted molar refractivity (Wildman–Crippen MR) is 86.2 cm³/mol. The van der Waals surface area contributed by atoms with E-state index in [1.165, 1.54) is 12.8 Å². The maximum atomic E-state index is 12.8. The van der Waals surface area contributed by atoms with E-state index in [9.17, 15) is 4.79 Å². The summed E-state index contributed by atoms with van der Waals surface area (Å²) in [7, 11) is 1.67. The number of aromatic nitrogens is 1. The lowest BCUT2D eigenvalue weighted by Crippen LogP contribution is -2.40. The third-order valence-corrected chi connectivity index (χ3v) is 5.28. The van der Waals surface area contributed by atoms with E-state index in [4.69, 9.17) is 4.74 Å². The molecule has 22 heavy (non-hydrogen) atoms. The molecule has 0 unspecified atom stereocenters. The number of nitrogens with one attached hydrogen (secondary N) is 2. The van der Waals surface area contributed by atoms with Crippen molar-refractivity contribution in [1.29, 1.82) is 0 Å². The molecule has 0 bridgehead atoms. The van der Waals surface area contributed by atoms with Crippen LogP contribution in [-0.2, 0) is 10.2 Å². The van der Waals surface area contributed by atoms with Crippen molar-refractivity contribution in [2.45, 2.75) is 50.0 Å². The maximum Gasteiger partial charge on any atom is 0.230 e. The molecular formula is C18H22N2O2. The van der Waals surface area contributed by atoms with Gasteiger partial charge in [-0.25, -0.2) is 0 Å². The number of methoxy groups -OCH3 is 1. The first kappa shape index (κ1) is 13.7. The molecule has 116 valence electrons. The third-order valence-electron chi connectivity index (χ3n) is 5.28. The van der Waals surface area contributed by atoms with E-state index in [-0.39, 0.29) is 11.3 Å². The topological polar surface area (TPSA) is 54.1 Å². The first-order valence-corrected chi connectivity index (χ1v) is 8.19. The molecule has 0 aliphatic heterocycles. The zero-order chi connectivity index (χ0) is 15.2. The van der Waals surface area contributed by atoms with E-state index in [1.54, 1.807) is 7.11 Å². The van der Waals surface area contributed by atoms with E-state index < -0.39 is 0 Å². The number of aromatic amines is 1. The van der Waals surface area contributed by atoms with E-state index in [2.05, 4.69) is 10.3 Å². The second kappa shape index (κ2) is 5.04. The Morgan fingerprint density at radius 1 is 1.32 bits per heavy atom. The van der Waals surface area contributed by atoms with Crippen LogP contribution in [0.1, 0.15) is 44.1 Å². The Morgan fingerprint density at radius 3 is 2.77 bits per heavy atom. The summed E-state index contributed by atoms with van der Waals surface area (Å²) in [4.78, 5) is 16.1. The zero-order valence-corrected chi connectivity index (χ0v) is 12.9. The minimum absolute atomic E-state index is 0.211. The summed E-state index contributed by atoms with van der Waals surface area (Å²) >= 11 is 0. The minimum atomic E-state index is -0.326. The Hall–Kier alpha value is -1.97. The number of benzene rings is 1. The van der Waals surface area contributed by atoms with Crippen LogP contribution in [0.2, 0.25) is 0 Å². The molecule has 2 aromatic rings. The Bertz CT molecular complexity index is 709. The first-order chi connectivity index (χ1) is 10.7. The van der Waals surface area contributed by atoms with Crippen molar-refractivity contribution in [3.63, 3.8) is 0 Å². The average Bonchev–Trinajstić information content (AvgIpc) is 2.98. The largest absolute Gasteiger partial charge is 0.497 e. The number of fused-ring (bicyclic) bond motifs is 1. The van der Waals surface area contributed by atoms with Gasteiger partial charge in [-0.1, -0.05) is 12.8 Å². The average molecular weight is 298 g/mol. The number of carbonyl (C=O) groups excluding carboxylic acids is 1. The third kappa shape index (κ3) is 2.09. The Labute approximate surface area is 130 Å². The number of amides is 1. The Morgan fingerprint density at radius 2 is 2.09 bits per heavy atom. The van der Waals surface area contributed by atoms with Gasteiger partial charge in [0.1, 0.15) is 5.75 Å². The normalized spacial score (nSPS) is 20.2. The summed E-state index contributed by atoms with van der Waals surface area (Å²) in [6.07, 6.45) is 8.62. The van der Waals surface area contributed by atoms with Gasteiger partial charge in [0, 0.05) is 23.1 Å². The van der Waals surface area contributed by atoms with Crippen molar-refractivity contribution in [1.82, 2.24) is 10.3 Å². The fourth-order valence-corrected chi connectivity index (χ4v) is 3.76. The van der Waals surface area contributed by atoms with Crippen LogP contribution >= 0.6 is 0 Å². The van der Waals surface area contributed by atoms with E-state index in [1.807, 2.05) is 24.4 Å². The molecule has 1 amide bonds. The van der Waals surface area contributed by atoms with Crippen LogP contribution in [0.25, 0.3) is 10.9 Å². The summed E-state index contributed by atoms with van der Waals surface area (Å²) in [5.41, 5.74) is 1.86. The van der Waals surface area contributed by atoms with Gasteiger partial charge in [0.05, 0.1) is 12.5 Å². The summed E-state index contributed by atoms with van der Waals surface area (Å²) < 4.78 is 5.33. The molecule has 2 fully saturated rings. The van der Waals surface area contributed by atoms with E-state index in [0.29, 0.717) is 6.04 Å². The van der Waals surface area contributed by atoms with Gasteiger partial charge < -0.3 is 15.0 Å². The lowest BCUT2D eigenvalue weighted by molar-refractivity contribution is -0.124. The van der Waals surface area contributed by atoms with Crippen molar-refractivity contribution >= 4 is 16.8 Å². The van der Waals surface area contributed by atoms with Crippen LogP contribution in [0.5, 0.6) is 5.75 Å². The van der Waals surface area contributed by atoms with Crippen LogP contribution in [0.15, 0.2) is 24.4 Å². The van der Waals surface area contributed by atoms with Gasteiger partial charge in [-0.15, -0.1) is 0 Å². The highest BCUT2D eigenvalue weighted by Crippen LogP contribution is 2.51. The second-order valence-corrected chi connectivity index (χ2v) is 6.65. The predicted octanol–water partition coefficient (Wildman–Crippen LogP) is 3.27. The lowest BCUT2D eigenvalue weighted by atomic mass is 9.94. The molecule has 1 heterocycles. The van der Waals surface area contributed by atoms with Gasteiger partial charge in [0.15, 0.2) is 0 Å². The number of ether oxygens (including phenoxy) is 1. The maximum absolute atomic E-state index is 12.8. The highest BCUT2D eigenvalue weighted by Gasteiger charge is 2.52. The number of carbonyl (C=O) groups is 1. The van der Waals surface area contributed by atoms with Crippen LogP contribution < -0.4 is 10.1 Å². The van der Waals surface area contributed by atoms with Crippen LogP contribution in [0, 0.1) is 0 Å². The molecule has 4 nitrogen and oxygen atoms in total. The van der Waals surface area contributed by atoms with E-state index >= 15 is 0 Å². The first-order valence-electron chi connectivity index (χ1n) is 8.19. The van der Waals surface area contributed by atoms with Crippen LogP contribution in [0.3, 0.4) is 0 Å². The highest BCUT2D eigenvalue weighted by atomic mass is 16.5. The lowest BCUT2D eigenvalue weighted by Gasteiger charge is -2.19. The van der Waals surface area contributed by atoms with Gasteiger partial charge >= 0.3 is 0 Å². The van der Waals surface area contributed by atoms with Crippen molar-refractivity contribution < 1.29 is 9.53 Å². The summed E-state index contributed by atoms with van der Waals surface area (Å²) in [5, 5.41) is 4.39. The molecule has 4 rings (SSSR count). The van der Waals surface area contributed by atoms with Crippen LogP contribution in [0.4, 0.5) is 0 Å². The molecule has 1 aromatic heterocycles. The molecule has 4 heteroatoms. The van der Waals surface area contributed by atoms with Gasteiger partial charge in [-0.05, 0) is 49.4 Å². The molecule has 2 aliphatic rings. The molecule has 0 spiro atoms. The molecule has 2 aliphatic carbocycles. The molecule has 0 saturated heterocycles. The Balaban J connectivity index is 1.66. The van der Waals surface area contributed by atoms with Crippen molar-refractivity contribution in [3.8, 4) is 5.75 Å². The number of H-pyrrole nitrogens is 1. The quantitative estimate of drug-likeness (QED) is 0.910. The molecule has 2 saturated carbocycles. The Kier molecular flexibility index (Phi) is 3.13. The number of rotatable bonds is 4. The number of hydrogen-bond donors (Lipinski definition) is 2. The highest BCUT2D eigenvalue weighted by molar-refractivity contribution is 5.98. The van der Waals surface area contributed by atoms with E-state index in [0.717, 1.165) is 47.9 Å². The fourth-order valence-electron chi connectivity index (χ4n) is 3.76. The molecule has 0 radical (unpaired) electrons. The van der Waals surface area contributed by atoms with Crippen molar-refractivity contribution in [2.75, 3.05) is 7.11 Å². The smallest absolute Gasteiger partial charge is 0.230 e. The van der Waals surface area contributed by atoms with Gasteiger partial charge in [0.2, 0.25) is 5.91 Å². The fraction of sp³-hybridized carbons (Fsp3) is 0.500. The monoisotopic (exact) mass is 298 g/mol. The molecule has 2 N–H and O–H groups in total. The van der Waals surface area contributed by atoms with Crippen molar-refractivity contribution in [2.24, 2.45) is 0 Å². The zero-order valence-electron chi connectivity index (χ0n) is 12.9. The SMILES string of the molecule is COc1ccc2[nH]cc(C3(C(=O)NC4CCCC4)CC3)c2c1. The number of hydrogen-bond acceptors (Lipinski definition) is 2. The standard InChI is InChI=1S/C18H22N2O2/c1-22-13-6-7-16-14(10-13)15(11-19-16)18(8-9-18)17(21)20-12-4-2-3-5-12/h6-7,10-12,19H,2-5,8-9H2,1H3,(H,20,21). The van der Waals surface area contributed by atoms with Crippen molar-refractivity contribution in [3.05, 3.63) is 30.0 Å². The minimum Gasteiger partial charge on any atom is -0.497 e. The van der Waals surface area contributed by atoms with Gasteiger partial charge in [-0.2, -0.15) is 0 Å². The summed E-state index contributed by atoms with van der Waals surface area (Å²) in [6.45, 7) is 0. The molecule has 1 aromatic carbocycles.